The number of aromatic nitrogens is 1. The Kier molecular flexibility index (Phi) is 4.27. The predicted octanol–water partition coefficient (Wildman–Crippen LogP) is 1.69. The van der Waals surface area contributed by atoms with Crippen LogP contribution in [-0.2, 0) is 16.0 Å². The highest BCUT2D eigenvalue weighted by atomic mass is 16.6. The molecule has 1 atom stereocenters. The van der Waals surface area contributed by atoms with Crippen molar-refractivity contribution in [3.8, 4) is 0 Å². The van der Waals surface area contributed by atoms with Gasteiger partial charge in [-0.25, -0.2) is 4.79 Å². The van der Waals surface area contributed by atoms with Crippen molar-refractivity contribution < 1.29 is 14.3 Å². The highest BCUT2D eigenvalue weighted by Gasteiger charge is 2.23. The number of aromatic amines is 1. The van der Waals surface area contributed by atoms with Crippen LogP contribution in [0.15, 0.2) is 18.3 Å². The van der Waals surface area contributed by atoms with E-state index in [9.17, 15) is 9.59 Å². The van der Waals surface area contributed by atoms with Crippen LogP contribution in [0.2, 0.25) is 0 Å². The number of H-pyrrole nitrogens is 1. The van der Waals surface area contributed by atoms with Crippen molar-refractivity contribution >= 4 is 22.9 Å². The van der Waals surface area contributed by atoms with Crippen molar-refractivity contribution in [2.75, 3.05) is 0 Å². The summed E-state index contributed by atoms with van der Waals surface area (Å²) in [6, 6.07) is 8.59. The lowest BCUT2D eigenvalue weighted by molar-refractivity contribution is -0.120. The monoisotopic (exact) mass is 301 g/mol. The number of carbonyl (C=O) groups excluding carboxylic acids is 2. The Balaban J connectivity index is 2.12. The maximum Gasteiger partial charge on any atom is 0.408 e. The van der Waals surface area contributed by atoms with Crippen molar-refractivity contribution in [1.29, 1.82) is 0 Å². The highest BCUT2D eigenvalue weighted by molar-refractivity contribution is 5.86. The number of hydrogen-bond acceptors (Lipinski definition) is 3. The average molecular weight is 301 g/mol. The summed E-state index contributed by atoms with van der Waals surface area (Å²) >= 11 is 0. The zero-order valence-electron chi connectivity index (χ0n) is 12.8. The minimum atomic E-state index is -0.859. The zero-order valence-corrected chi connectivity index (χ0v) is 12.8. The van der Waals surface area contributed by atoms with E-state index in [4.69, 9.17) is 10.5 Å². The van der Waals surface area contributed by atoms with Crippen molar-refractivity contribution in [3.05, 3.63) is 36.0 Å². The molecule has 0 aliphatic rings. The standard InChI is InChI=1S/C16H19N3O3/c1-16(2,3)22-15(21)19-13(14(17)20)8-10-9-18-12-7-5-4-6-11(10)12/h5,7,9,13,18H,8H2,1-3H3,(H2,17,20)(H,19,21). The summed E-state index contributed by atoms with van der Waals surface area (Å²) in [6.45, 7) is 5.24. The number of carbonyl (C=O) groups is 2. The number of fused-ring (bicyclic) bond motifs is 1. The van der Waals surface area contributed by atoms with Crippen molar-refractivity contribution in [3.63, 3.8) is 0 Å². The van der Waals surface area contributed by atoms with Gasteiger partial charge in [-0.05, 0) is 38.5 Å². The van der Waals surface area contributed by atoms with E-state index in [0.29, 0.717) is 0 Å². The molecule has 0 radical (unpaired) electrons. The molecule has 6 heteroatoms. The van der Waals surface area contributed by atoms with Gasteiger partial charge in [-0.3, -0.25) is 4.79 Å². The lowest BCUT2D eigenvalue weighted by atomic mass is 10.1. The largest absolute Gasteiger partial charge is 0.444 e. The fraction of sp³-hybridized carbons (Fsp3) is 0.375. The van der Waals surface area contributed by atoms with Gasteiger partial charge in [-0.15, -0.1) is 0 Å². The summed E-state index contributed by atoms with van der Waals surface area (Å²) in [7, 11) is 0. The van der Waals surface area contributed by atoms with Gasteiger partial charge in [0, 0.05) is 12.6 Å². The van der Waals surface area contributed by atoms with Crippen LogP contribution in [-0.4, -0.2) is 28.6 Å². The van der Waals surface area contributed by atoms with Crippen LogP contribution < -0.4 is 11.1 Å². The van der Waals surface area contributed by atoms with Gasteiger partial charge in [0.2, 0.25) is 5.91 Å². The molecule has 0 saturated carbocycles. The van der Waals surface area contributed by atoms with Gasteiger partial charge >= 0.3 is 6.09 Å². The summed E-state index contributed by atoms with van der Waals surface area (Å²) in [4.78, 5) is 26.5. The quantitative estimate of drug-likeness (QED) is 0.801. The van der Waals surface area contributed by atoms with Crippen LogP contribution in [0.5, 0.6) is 0 Å². The fourth-order valence-corrected chi connectivity index (χ4v) is 2.05. The molecule has 22 heavy (non-hydrogen) atoms. The molecule has 0 aliphatic heterocycles. The van der Waals surface area contributed by atoms with E-state index in [1.807, 2.05) is 6.07 Å². The molecule has 116 valence electrons. The molecule has 0 aliphatic carbocycles. The van der Waals surface area contributed by atoms with E-state index in [1.165, 1.54) is 0 Å². The Bertz CT molecular complexity index is 685. The molecular formula is C16H19N3O3. The predicted molar refractivity (Wildman–Crippen MR) is 82.0 cm³/mol. The summed E-state index contributed by atoms with van der Waals surface area (Å²) in [5.74, 6) is -0.625. The molecule has 2 aromatic rings. The highest BCUT2D eigenvalue weighted by Crippen LogP contribution is 2.17. The third-order valence-corrected chi connectivity index (χ3v) is 2.98. The molecular weight excluding hydrogens is 282 g/mol. The summed E-state index contributed by atoms with van der Waals surface area (Å²) in [5.41, 5.74) is 6.44. The molecule has 0 saturated heterocycles. The number of nitrogens with one attached hydrogen (secondary N) is 2. The van der Waals surface area contributed by atoms with Crippen molar-refractivity contribution in [2.45, 2.75) is 38.8 Å². The summed E-state index contributed by atoms with van der Waals surface area (Å²) < 4.78 is 5.15. The molecule has 6 nitrogen and oxygen atoms in total. The normalized spacial score (nSPS) is 12.5. The summed E-state index contributed by atoms with van der Waals surface area (Å²) in [6.07, 6.45) is 1.34. The maximum atomic E-state index is 11.8. The SMILES string of the molecule is CC(C)(C)OC(=O)NC(Cc1c[nH]c2ccc#cc12)C(N)=O. The van der Waals surface area contributed by atoms with Gasteiger partial charge in [0.15, 0.2) is 0 Å². The number of rotatable bonds is 4. The minimum absolute atomic E-state index is 0.253. The molecule has 0 fully saturated rings. The van der Waals surface area contributed by atoms with Crippen LogP contribution in [0.1, 0.15) is 26.3 Å². The van der Waals surface area contributed by atoms with Gasteiger partial charge < -0.3 is 20.8 Å². The summed E-state index contributed by atoms with van der Waals surface area (Å²) in [5, 5.41) is 3.32. The third-order valence-electron chi connectivity index (χ3n) is 2.98. The fourth-order valence-electron chi connectivity index (χ4n) is 2.05. The average Bonchev–Trinajstić information content (AvgIpc) is 2.79. The van der Waals surface area contributed by atoms with E-state index in [0.717, 1.165) is 16.5 Å². The van der Waals surface area contributed by atoms with Gasteiger partial charge in [-0.1, -0.05) is 12.1 Å². The molecule has 2 rings (SSSR count). The molecule has 2 amide bonds. The lowest BCUT2D eigenvalue weighted by Crippen LogP contribution is -2.47. The van der Waals surface area contributed by atoms with Crippen molar-refractivity contribution in [1.82, 2.24) is 10.3 Å². The first kappa shape index (κ1) is 15.7. The number of hydrogen-bond donors (Lipinski definition) is 3. The van der Waals surface area contributed by atoms with E-state index in [1.54, 1.807) is 33.0 Å². The number of nitrogens with two attached hydrogens (primary N) is 1. The maximum absolute atomic E-state index is 11.8. The van der Waals surface area contributed by atoms with Gasteiger partial charge in [-0.2, -0.15) is 0 Å². The third kappa shape index (κ3) is 3.92. The molecule has 1 heterocycles. The molecule has 4 N–H and O–H groups in total. The van der Waals surface area contributed by atoms with Crippen LogP contribution in [0.3, 0.4) is 0 Å². The number of amides is 2. The Morgan fingerprint density at radius 2 is 2.18 bits per heavy atom. The van der Waals surface area contributed by atoms with Crippen LogP contribution in [0.4, 0.5) is 4.79 Å². The second-order valence-electron chi connectivity index (χ2n) is 6.01. The van der Waals surface area contributed by atoms with Crippen LogP contribution >= 0.6 is 0 Å². The smallest absolute Gasteiger partial charge is 0.408 e. The van der Waals surface area contributed by atoms with E-state index in [-0.39, 0.29) is 6.42 Å². The van der Waals surface area contributed by atoms with Crippen LogP contribution in [0.25, 0.3) is 10.9 Å². The van der Waals surface area contributed by atoms with E-state index in [2.05, 4.69) is 22.4 Å². The first-order valence-electron chi connectivity index (χ1n) is 6.93. The molecule has 0 spiro atoms. The zero-order chi connectivity index (χ0) is 16.3. The number of ether oxygens (including phenoxy) is 1. The molecule has 1 unspecified atom stereocenters. The second-order valence-corrected chi connectivity index (χ2v) is 6.01. The lowest BCUT2D eigenvalue weighted by Gasteiger charge is -2.22. The second kappa shape index (κ2) is 5.98. The Hall–Kier alpha value is -2.68. The topological polar surface area (TPSA) is 97.2 Å². The molecule has 1 aromatic carbocycles. The minimum Gasteiger partial charge on any atom is -0.444 e. The number of primary amides is 1. The first-order valence-corrected chi connectivity index (χ1v) is 6.93. The van der Waals surface area contributed by atoms with Gasteiger partial charge in [0.25, 0.3) is 0 Å². The Morgan fingerprint density at radius 3 is 2.82 bits per heavy atom. The number of alkyl carbamates (subject to hydrolysis) is 1. The molecule has 0 bridgehead atoms. The van der Waals surface area contributed by atoms with Crippen LogP contribution in [0, 0.1) is 12.1 Å². The van der Waals surface area contributed by atoms with E-state index < -0.39 is 23.6 Å². The van der Waals surface area contributed by atoms with Crippen molar-refractivity contribution in [2.24, 2.45) is 5.73 Å². The van der Waals surface area contributed by atoms with Gasteiger partial charge in [0.1, 0.15) is 11.6 Å². The van der Waals surface area contributed by atoms with E-state index >= 15 is 0 Å². The Morgan fingerprint density at radius 1 is 1.45 bits per heavy atom. The van der Waals surface area contributed by atoms with Gasteiger partial charge in [0.05, 0.1) is 10.9 Å². The molecule has 1 aromatic heterocycles. The Labute approximate surface area is 129 Å². The first-order chi connectivity index (χ1) is 10.3.